The van der Waals surface area contributed by atoms with Gasteiger partial charge in [0.1, 0.15) is 12.3 Å². The summed E-state index contributed by atoms with van der Waals surface area (Å²) in [7, 11) is 1.61. The topological polar surface area (TPSA) is 88.8 Å². The highest BCUT2D eigenvalue weighted by Crippen LogP contribution is 2.39. The van der Waals surface area contributed by atoms with Crippen LogP contribution in [0.5, 0.6) is 5.75 Å². The van der Waals surface area contributed by atoms with Crippen LogP contribution < -0.4 is 15.0 Å². The Bertz CT molecular complexity index is 1220. The number of hydrogen-bond donors (Lipinski definition) is 1. The molecule has 3 amide bonds. The molecule has 9 heteroatoms. The van der Waals surface area contributed by atoms with Crippen LogP contribution >= 0.6 is 15.9 Å². The van der Waals surface area contributed by atoms with Gasteiger partial charge in [-0.15, -0.1) is 0 Å². The van der Waals surface area contributed by atoms with E-state index in [0.29, 0.717) is 18.0 Å². The number of aromatic nitrogens is 2. The number of urea groups is 1. The molecule has 0 bridgehead atoms. The average molecular weight is 494 g/mol. The smallest absolute Gasteiger partial charge is 0.341 e. The summed E-state index contributed by atoms with van der Waals surface area (Å²) in [5, 5.41) is 2.99. The number of amides is 3. The summed E-state index contributed by atoms with van der Waals surface area (Å²) in [5.74, 6) is 0.451. The van der Waals surface area contributed by atoms with E-state index in [4.69, 9.17) is 4.74 Å². The molecule has 1 aromatic heterocycles. The normalized spacial score (nSPS) is 19.5. The van der Waals surface area contributed by atoms with Crippen molar-refractivity contribution in [2.45, 2.75) is 12.6 Å². The SMILES string of the molecule is COc1ccc(C2NC(=O)N=C3c4ccccc4N(C(=O)Cn4ccnc4)CC32)cc1Br. The van der Waals surface area contributed by atoms with E-state index in [1.54, 1.807) is 35.3 Å². The van der Waals surface area contributed by atoms with E-state index < -0.39 is 0 Å². The number of ether oxygens (including phenoxy) is 1. The summed E-state index contributed by atoms with van der Waals surface area (Å²) in [5.41, 5.74) is 3.17. The number of para-hydroxylation sites is 1. The van der Waals surface area contributed by atoms with Crippen LogP contribution in [0.1, 0.15) is 17.2 Å². The van der Waals surface area contributed by atoms with Crippen LogP contribution in [0, 0.1) is 5.92 Å². The number of fused-ring (bicyclic) bond motifs is 3. The minimum absolute atomic E-state index is 0.0546. The molecule has 0 aliphatic carbocycles. The zero-order chi connectivity index (χ0) is 22.2. The molecule has 1 N–H and O–H groups in total. The number of nitrogens with one attached hydrogen (secondary N) is 1. The predicted octanol–water partition coefficient (Wildman–Crippen LogP) is 3.57. The molecule has 2 aromatic carbocycles. The van der Waals surface area contributed by atoms with E-state index in [-0.39, 0.29) is 30.4 Å². The van der Waals surface area contributed by atoms with Crippen LogP contribution in [-0.4, -0.2) is 40.9 Å². The number of anilines is 1. The monoisotopic (exact) mass is 493 g/mol. The van der Waals surface area contributed by atoms with Gasteiger partial charge in [0.15, 0.2) is 0 Å². The van der Waals surface area contributed by atoms with Gasteiger partial charge in [0.25, 0.3) is 0 Å². The van der Waals surface area contributed by atoms with Crippen molar-refractivity contribution < 1.29 is 14.3 Å². The first kappa shape index (κ1) is 20.4. The van der Waals surface area contributed by atoms with Crippen LogP contribution in [0.15, 0.2) is 70.7 Å². The fourth-order valence-electron chi connectivity index (χ4n) is 4.34. The third-order valence-corrected chi connectivity index (χ3v) is 6.44. The van der Waals surface area contributed by atoms with Gasteiger partial charge in [-0.25, -0.2) is 9.78 Å². The van der Waals surface area contributed by atoms with Crippen molar-refractivity contribution in [3.05, 3.63) is 76.8 Å². The highest BCUT2D eigenvalue weighted by molar-refractivity contribution is 9.10. The molecule has 8 nitrogen and oxygen atoms in total. The number of rotatable bonds is 4. The summed E-state index contributed by atoms with van der Waals surface area (Å²) in [6, 6.07) is 12.6. The first-order valence-electron chi connectivity index (χ1n) is 10.1. The second kappa shape index (κ2) is 8.23. The average Bonchev–Trinajstić information content (AvgIpc) is 3.31. The quantitative estimate of drug-likeness (QED) is 0.601. The molecule has 0 radical (unpaired) electrons. The molecule has 2 unspecified atom stereocenters. The number of aliphatic imine (C=N–C) groups is 1. The third-order valence-electron chi connectivity index (χ3n) is 5.82. The van der Waals surface area contributed by atoms with E-state index in [0.717, 1.165) is 21.3 Å². The lowest BCUT2D eigenvalue weighted by molar-refractivity contribution is -0.119. The van der Waals surface area contributed by atoms with Crippen LogP contribution in [0.4, 0.5) is 10.5 Å². The van der Waals surface area contributed by atoms with E-state index in [1.165, 1.54) is 0 Å². The maximum atomic E-state index is 13.3. The second-order valence-electron chi connectivity index (χ2n) is 7.68. The fraction of sp³-hybridized carbons (Fsp3) is 0.217. The Balaban J connectivity index is 1.56. The van der Waals surface area contributed by atoms with E-state index >= 15 is 0 Å². The minimum Gasteiger partial charge on any atom is -0.496 e. The van der Waals surface area contributed by atoms with Crippen molar-refractivity contribution in [2.24, 2.45) is 10.9 Å². The van der Waals surface area contributed by atoms with Crippen molar-refractivity contribution in [3.8, 4) is 5.75 Å². The largest absolute Gasteiger partial charge is 0.496 e. The summed E-state index contributed by atoms with van der Waals surface area (Å²) >= 11 is 3.53. The van der Waals surface area contributed by atoms with Gasteiger partial charge in [-0.3, -0.25) is 4.79 Å². The van der Waals surface area contributed by atoms with Gasteiger partial charge < -0.3 is 19.5 Å². The van der Waals surface area contributed by atoms with Crippen LogP contribution in [-0.2, 0) is 11.3 Å². The molecule has 0 fully saturated rings. The number of methoxy groups -OCH3 is 1. The number of carbonyl (C=O) groups excluding carboxylic acids is 2. The molecule has 3 heterocycles. The van der Waals surface area contributed by atoms with E-state index in [9.17, 15) is 9.59 Å². The van der Waals surface area contributed by atoms with Gasteiger partial charge in [0, 0.05) is 30.4 Å². The van der Waals surface area contributed by atoms with Gasteiger partial charge in [-0.2, -0.15) is 4.99 Å². The summed E-state index contributed by atoms with van der Waals surface area (Å²) in [4.78, 5) is 35.9. The van der Waals surface area contributed by atoms with E-state index in [2.05, 4.69) is 31.2 Å². The van der Waals surface area contributed by atoms with Gasteiger partial charge in [0.2, 0.25) is 5.91 Å². The molecular formula is C23H20BrN5O3. The molecule has 162 valence electrons. The third kappa shape index (κ3) is 3.58. The number of carbonyl (C=O) groups is 2. The maximum absolute atomic E-state index is 13.3. The van der Waals surface area contributed by atoms with Gasteiger partial charge in [-0.05, 0) is 39.7 Å². The minimum atomic E-state index is -0.388. The number of hydrogen-bond acceptors (Lipinski definition) is 4. The van der Waals surface area contributed by atoms with Crippen LogP contribution in [0.2, 0.25) is 0 Å². The Morgan fingerprint density at radius 2 is 2.12 bits per heavy atom. The maximum Gasteiger partial charge on any atom is 0.341 e. The highest BCUT2D eigenvalue weighted by atomic mass is 79.9. The van der Waals surface area contributed by atoms with Gasteiger partial charge in [0.05, 0.1) is 35.4 Å². The summed E-state index contributed by atoms with van der Waals surface area (Å²) in [6.45, 7) is 0.580. The van der Waals surface area contributed by atoms with Crippen LogP contribution in [0.3, 0.4) is 0 Å². The summed E-state index contributed by atoms with van der Waals surface area (Å²) < 4.78 is 7.88. The van der Waals surface area contributed by atoms with Crippen molar-refractivity contribution >= 4 is 39.3 Å². The Morgan fingerprint density at radius 1 is 1.28 bits per heavy atom. The Morgan fingerprint density at radius 3 is 2.88 bits per heavy atom. The molecule has 2 aliphatic rings. The lowest BCUT2D eigenvalue weighted by atomic mass is 9.81. The molecule has 0 saturated heterocycles. The van der Waals surface area contributed by atoms with Crippen molar-refractivity contribution in [2.75, 3.05) is 18.6 Å². The summed E-state index contributed by atoms with van der Waals surface area (Å²) in [6.07, 6.45) is 5.04. The zero-order valence-electron chi connectivity index (χ0n) is 17.2. The number of imidazole rings is 1. The number of benzene rings is 2. The van der Waals surface area contributed by atoms with Crippen molar-refractivity contribution in [1.29, 1.82) is 0 Å². The first-order chi connectivity index (χ1) is 15.5. The van der Waals surface area contributed by atoms with Crippen molar-refractivity contribution in [3.63, 3.8) is 0 Å². The Hall–Kier alpha value is -3.46. The zero-order valence-corrected chi connectivity index (χ0v) is 18.8. The Kier molecular flexibility index (Phi) is 5.26. The van der Waals surface area contributed by atoms with Gasteiger partial charge >= 0.3 is 6.03 Å². The Labute approximate surface area is 193 Å². The highest BCUT2D eigenvalue weighted by Gasteiger charge is 2.41. The molecule has 5 rings (SSSR count). The number of halogens is 1. The molecule has 2 aliphatic heterocycles. The van der Waals surface area contributed by atoms with Crippen LogP contribution in [0.25, 0.3) is 0 Å². The molecule has 3 aromatic rings. The van der Waals surface area contributed by atoms with Crippen molar-refractivity contribution in [1.82, 2.24) is 14.9 Å². The molecule has 0 saturated carbocycles. The second-order valence-corrected chi connectivity index (χ2v) is 8.54. The molecular weight excluding hydrogens is 474 g/mol. The predicted molar refractivity (Wildman–Crippen MR) is 123 cm³/mol. The molecule has 0 spiro atoms. The molecule has 2 atom stereocenters. The fourth-order valence-corrected chi connectivity index (χ4v) is 4.90. The van der Waals surface area contributed by atoms with Gasteiger partial charge in [-0.1, -0.05) is 24.3 Å². The van der Waals surface area contributed by atoms with E-state index in [1.807, 2.05) is 42.5 Å². The lowest BCUT2D eigenvalue weighted by Gasteiger charge is -2.41. The first-order valence-corrected chi connectivity index (χ1v) is 10.9. The molecule has 32 heavy (non-hydrogen) atoms. The lowest BCUT2D eigenvalue weighted by Crippen LogP contribution is -2.51. The number of nitrogens with zero attached hydrogens (tertiary/aromatic N) is 4. The standard InChI is InChI=1S/C23H20BrN5O3/c1-32-19-7-6-14(10-17(19)24)21-16-11-29(20(30)12-28-9-8-25-13-28)18-5-3-2-4-15(18)22(16)27-23(31)26-21/h2-10,13,16,21H,11-12H2,1H3,(H,26,31).